The number of hydrogen-bond acceptors (Lipinski definition) is 5. The number of rotatable bonds is 4. The van der Waals surface area contributed by atoms with Crippen molar-refractivity contribution in [2.45, 2.75) is 38.1 Å². The van der Waals surface area contributed by atoms with Crippen LogP contribution < -0.4 is 10.5 Å². The van der Waals surface area contributed by atoms with E-state index in [0.29, 0.717) is 11.4 Å². The minimum atomic E-state index is 0.0661. The molecule has 0 atom stereocenters. The predicted octanol–water partition coefficient (Wildman–Crippen LogP) is 2.22. The van der Waals surface area contributed by atoms with Crippen LogP contribution in [0.3, 0.4) is 0 Å². The molecule has 2 aromatic rings. The molecule has 1 aliphatic rings. The summed E-state index contributed by atoms with van der Waals surface area (Å²) in [5.41, 5.74) is 7.53. The molecule has 1 saturated carbocycles. The Morgan fingerprint density at radius 3 is 2.75 bits per heavy atom. The lowest BCUT2D eigenvalue weighted by Gasteiger charge is -2.41. The number of benzene rings is 1. The highest BCUT2D eigenvalue weighted by molar-refractivity contribution is 5.64. The Balaban J connectivity index is 2.08. The SMILES string of the molecule is CCC1(n2nnnc2-c2cc(N)cc(OC)c2)CCC1. The molecule has 0 saturated heterocycles. The fraction of sp³-hybridized carbons (Fsp3) is 0.500. The molecular formula is C14H19N5O. The summed E-state index contributed by atoms with van der Waals surface area (Å²) in [7, 11) is 1.63. The van der Waals surface area contributed by atoms with E-state index < -0.39 is 0 Å². The molecule has 1 aliphatic carbocycles. The van der Waals surface area contributed by atoms with Crippen LogP contribution in [0.5, 0.6) is 5.75 Å². The maximum Gasteiger partial charge on any atom is 0.182 e. The van der Waals surface area contributed by atoms with E-state index in [4.69, 9.17) is 10.5 Å². The minimum absolute atomic E-state index is 0.0661. The van der Waals surface area contributed by atoms with Crippen molar-refractivity contribution in [3.8, 4) is 17.1 Å². The van der Waals surface area contributed by atoms with Gasteiger partial charge in [0, 0.05) is 17.3 Å². The highest BCUT2D eigenvalue weighted by Gasteiger charge is 2.40. The average Bonchev–Trinajstić information content (AvgIpc) is 2.87. The lowest BCUT2D eigenvalue weighted by molar-refractivity contribution is 0.118. The fourth-order valence-corrected chi connectivity index (χ4v) is 2.86. The van der Waals surface area contributed by atoms with Gasteiger partial charge in [-0.2, -0.15) is 0 Å². The topological polar surface area (TPSA) is 78.9 Å². The van der Waals surface area contributed by atoms with Crippen LogP contribution in [0.2, 0.25) is 0 Å². The zero-order chi connectivity index (χ0) is 14.2. The predicted molar refractivity (Wildman–Crippen MR) is 76.3 cm³/mol. The standard InChI is InChI=1S/C14H19N5O/c1-3-14(5-4-6-14)19-13(16-17-18-19)10-7-11(15)9-12(8-10)20-2/h7-9H,3-6,15H2,1-2H3. The summed E-state index contributed by atoms with van der Waals surface area (Å²) in [4.78, 5) is 0. The van der Waals surface area contributed by atoms with Crippen molar-refractivity contribution in [3.05, 3.63) is 18.2 Å². The smallest absolute Gasteiger partial charge is 0.182 e. The molecular weight excluding hydrogens is 254 g/mol. The number of nitrogens with two attached hydrogens (primary N) is 1. The van der Waals surface area contributed by atoms with E-state index in [9.17, 15) is 0 Å². The average molecular weight is 273 g/mol. The lowest BCUT2D eigenvalue weighted by Crippen LogP contribution is -2.41. The van der Waals surface area contributed by atoms with Gasteiger partial charge in [0.15, 0.2) is 5.82 Å². The van der Waals surface area contributed by atoms with E-state index in [0.717, 1.165) is 30.7 Å². The van der Waals surface area contributed by atoms with Crippen molar-refractivity contribution in [1.29, 1.82) is 0 Å². The van der Waals surface area contributed by atoms with Crippen molar-refractivity contribution in [3.63, 3.8) is 0 Å². The van der Waals surface area contributed by atoms with E-state index in [-0.39, 0.29) is 5.54 Å². The number of aromatic nitrogens is 4. The number of methoxy groups -OCH3 is 1. The summed E-state index contributed by atoms with van der Waals surface area (Å²) in [6, 6.07) is 5.59. The van der Waals surface area contributed by atoms with Crippen molar-refractivity contribution in [1.82, 2.24) is 20.2 Å². The second-order valence-corrected chi connectivity index (χ2v) is 5.34. The third kappa shape index (κ3) is 1.92. The molecule has 0 unspecified atom stereocenters. The van der Waals surface area contributed by atoms with Crippen LogP contribution in [0.25, 0.3) is 11.4 Å². The second kappa shape index (κ2) is 4.77. The maximum atomic E-state index is 5.92. The number of anilines is 1. The molecule has 1 aromatic carbocycles. The van der Waals surface area contributed by atoms with Gasteiger partial charge in [0.05, 0.1) is 12.6 Å². The largest absolute Gasteiger partial charge is 0.497 e. The first-order valence-electron chi connectivity index (χ1n) is 6.92. The highest BCUT2D eigenvalue weighted by Crippen LogP contribution is 2.43. The van der Waals surface area contributed by atoms with Gasteiger partial charge in [0.25, 0.3) is 0 Å². The summed E-state index contributed by atoms with van der Waals surface area (Å²) in [5.74, 6) is 1.48. The Kier molecular flexibility index (Phi) is 3.08. The fourth-order valence-electron chi connectivity index (χ4n) is 2.86. The Bertz CT molecular complexity index is 612. The minimum Gasteiger partial charge on any atom is -0.497 e. The van der Waals surface area contributed by atoms with Crippen LogP contribution >= 0.6 is 0 Å². The van der Waals surface area contributed by atoms with Crippen LogP contribution in [0, 0.1) is 0 Å². The third-order valence-electron chi connectivity index (χ3n) is 4.28. The lowest BCUT2D eigenvalue weighted by atomic mass is 9.75. The van der Waals surface area contributed by atoms with Gasteiger partial charge in [-0.25, -0.2) is 4.68 Å². The van der Waals surface area contributed by atoms with E-state index in [1.165, 1.54) is 6.42 Å². The molecule has 0 radical (unpaired) electrons. The normalized spacial score (nSPS) is 16.7. The van der Waals surface area contributed by atoms with Crippen molar-refractivity contribution in [2.75, 3.05) is 12.8 Å². The van der Waals surface area contributed by atoms with Crippen molar-refractivity contribution in [2.24, 2.45) is 0 Å². The first kappa shape index (κ1) is 12.9. The van der Waals surface area contributed by atoms with Crippen LogP contribution in [-0.4, -0.2) is 27.3 Å². The van der Waals surface area contributed by atoms with Crippen molar-refractivity contribution < 1.29 is 4.74 Å². The number of ether oxygens (including phenoxy) is 1. The number of hydrogen-bond donors (Lipinski definition) is 1. The molecule has 0 aliphatic heterocycles. The summed E-state index contributed by atoms with van der Waals surface area (Å²) in [5, 5.41) is 12.3. The summed E-state index contributed by atoms with van der Waals surface area (Å²) in [6.45, 7) is 2.19. The number of nitrogen functional groups attached to an aromatic ring is 1. The number of nitrogens with zero attached hydrogens (tertiary/aromatic N) is 4. The molecule has 1 heterocycles. The van der Waals surface area contributed by atoms with Gasteiger partial charge in [-0.15, -0.1) is 5.10 Å². The molecule has 106 valence electrons. The molecule has 0 bridgehead atoms. The summed E-state index contributed by atoms with van der Waals surface area (Å²) in [6.07, 6.45) is 4.51. The molecule has 0 spiro atoms. The number of tetrazole rings is 1. The zero-order valence-corrected chi connectivity index (χ0v) is 11.8. The van der Waals surface area contributed by atoms with Gasteiger partial charge in [-0.1, -0.05) is 6.92 Å². The zero-order valence-electron chi connectivity index (χ0n) is 11.8. The van der Waals surface area contributed by atoms with Gasteiger partial charge in [-0.3, -0.25) is 0 Å². The summed E-state index contributed by atoms with van der Waals surface area (Å²) >= 11 is 0. The van der Waals surface area contributed by atoms with E-state index in [2.05, 4.69) is 22.4 Å². The Morgan fingerprint density at radius 2 is 2.15 bits per heavy atom. The van der Waals surface area contributed by atoms with Gasteiger partial charge in [0.1, 0.15) is 5.75 Å². The van der Waals surface area contributed by atoms with E-state index in [1.807, 2.05) is 16.8 Å². The van der Waals surface area contributed by atoms with Gasteiger partial charge >= 0.3 is 0 Å². The molecule has 2 N–H and O–H groups in total. The molecule has 6 heteroatoms. The van der Waals surface area contributed by atoms with Crippen molar-refractivity contribution >= 4 is 5.69 Å². The Hall–Kier alpha value is -2.11. The quantitative estimate of drug-likeness (QED) is 0.864. The first-order valence-corrected chi connectivity index (χ1v) is 6.92. The highest BCUT2D eigenvalue weighted by atomic mass is 16.5. The molecule has 1 aromatic heterocycles. The van der Waals surface area contributed by atoms with Crippen LogP contribution in [0.1, 0.15) is 32.6 Å². The van der Waals surface area contributed by atoms with E-state index >= 15 is 0 Å². The second-order valence-electron chi connectivity index (χ2n) is 5.34. The molecule has 20 heavy (non-hydrogen) atoms. The van der Waals surface area contributed by atoms with Gasteiger partial charge in [0.2, 0.25) is 0 Å². The third-order valence-corrected chi connectivity index (χ3v) is 4.28. The Labute approximate surface area is 117 Å². The maximum absolute atomic E-state index is 5.92. The first-order chi connectivity index (χ1) is 9.68. The molecule has 1 fully saturated rings. The molecule has 6 nitrogen and oxygen atoms in total. The monoisotopic (exact) mass is 273 g/mol. The van der Waals surface area contributed by atoms with Crippen LogP contribution in [0.15, 0.2) is 18.2 Å². The van der Waals surface area contributed by atoms with Crippen LogP contribution in [0.4, 0.5) is 5.69 Å². The summed E-state index contributed by atoms with van der Waals surface area (Å²) < 4.78 is 7.23. The Morgan fingerprint density at radius 1 is 1.35 bits per heavy atom. The van der Waals surface area contributed by atoms with Gasteiger partial charge < -0.3 is 10.5 Å². The van der Waals surface area contributed by atoms with Crippen LogP contribution in [-0.2, 0) is 5.54 Å². The van der Waals surface area contributed by atoms with Gasteiger partial charge in [-0.05, 0) is 48.2 Å². The van der Waals surface area contributed by atoms with E-state index in [1.54, 1.807) is 13.2 Å². The molecule has 0 amide bonds. The molecule has 3 rings (SSSR count).